The fourth-order valence-electron chi connectivity index (χ4n) is 4.67. The van der Waals surface area contributed by atoms with Crippen molar-refractivity contribution < 1.29 is 19.1 Å². The number of nitrogens with one attached hydrogen (secondary N) is 2. The van der Waals surface area contributed by atoms with Crippen LogP contribution in [0.4, 0.5) is 11.4 Å². The van der Waals surface area contributed by atoms with Gasteiger partial charge in [-0.15, -0.1) is 0 Å². The zero-order valence-corrected chi connectivity index (χ0v) is 20.5. The van der Waals surface area contributed by atoms with Crippen LogP contribution in [0, 0.1) is 0 Å². The Morgan fingerprint density at radius 3 is 2.50 bits per heavy atom. The lowest BCUT2D eigenvalue weighted by molar-refractivity contribution is -0.139. The molecule has 5 rings (SSSR count). The lowest BCUT2D eigenvalue weighted by Gasteiger charge is -2.31. The van der Waals surface area contributed by atoms with E-state index in [1.165, 1.54) is 11.3 Å². The summed E-state index contributed by atoms with van der Waals surface area (Å²) in [6, 6.07) is 22.0. The van der Waals surface area contributed by atoms with Crippen molar-refractivity contribution in [2.75, 3.05) is 43.8 Å². The van der Waals surface area contributed by atoms with Crippen LogP contribution in [0.25, 0.3) is 0 Å². The maximum Gasteiger partial charge on any atom is 0.309 e. The van der Waals surface area contributed by atoms with Gasteiger partial charge in [0.1, 0.15) is 0 Å². The SMILES string of the molecule is CN(C)c1ccc([C@H](CNC(=O)C(=O)NCc2ccc3c(c2)OCO3)N2CCc3ccccc32)cc1. The molecule has 0 bridgehead atoms. The Hall–Kier alpha value is -4.20. The first-order chi connectivity index (χ1) is 17.5. The summed E-state index contributed by atoms with van der Waals surface area (Å²) in [6.45, 7) is 1.57. The molecule has 2 amide bonds. The lowest BCUT2D eigenvalue weighted by Crippen LogP contribution is -2.43. The average molecular weight is 487 g/mol. The molecule has 2 N–H and O–H groups in total. The zero-order chi connectivity index (χ0) is 25.1. The third-order valence-electron chi connectivity index (χ3n) is 6.65. The monoisotopic (exact) mass is 486 g/mol. The Bertz CT molecular complexity index is 1260. The first-order valence-corrected chi connectivity index (χ1v) is 12.1. The van der Waals surface area contributed by atoms with Gasteiger partial charge in [-0.3, -0.25) is 9.59 Å². The summed E-state index contributed by atoms with van der Waals surface area (Å²) in [7, 11) is 4.01. The van der Waals surface area contributed by atoms with E-state index in [2.05, 4.69) is 62.9 Å². The van der Waals surface area contributed by atoms with Crippen LogP contribution >= 0.6 is 0 Å². The van der Waals surface area contributed by atoms with Crippen LogP contribution in [-0.2, 0) is 22.6 Å². The summed E-state index contributed by atoms with van der Waals surface area (Å²) in [5, 5.41) is 5.55. The molecule has 2 aliphatic heterocycles. The first kappa shape index (κ1) is 23.5. The molecule has 2 heterocycles. The Balaban J connectivity index is 1.26. The highest BCUT2D eigenvalue weighted by Gasteiger charge is 2.28. The number of carbonyl (C=O) groups is 2. The summed E-state index contributed by atoms with van der Waals surface area (Å²) < 4.78 is 10.7. The van der Waals surface area contributed by atoms with Crippen molar-refractivity contribution in [1.82, 2.24) is 10.6 Å². The normalized spacial score (nSPS) is 14.2. The number of amides is 2. The quantitative estimate of drug-likeness (QED) is 0.500. The second-order valence-corrected chi connectivity index (χ2v) is 9.15. The topological polar surface area (TPSA) is 83.1 Å². The molecule has 8 nitrogen and oxygen atoms in total. The van der Waals surface area contributed by atoms with E-state index in [1.807, 2.05) is 26.2 Å². The van der Waals surface area contributed by atoms with E-state index in [9.17, 15) is 9.59 Å². The standard InChI is InChI=1S/C28H30N4O4/c1-31(2)22-10-8-21(9-11-22)24(32-14-13-20-5-3-4-6-23(20)32)17-30-28(34)27(33)29-16-19-7-12-25-26(15-19)36-18-35-25/h3-12,15,24H,13-14,16-18H2,1-2H3,(H,29,33)(H,30,34)/t24-/m0/s1. The highest BCUT2D eigenvalue weighted by Crippen LogP contribution is 2.35. The van der Waals surface area contributed by atoms with Gasteiger partial charge < -0.3 is 29.9 Å². The zero-order valence-electron chi connectivity index (χ0n) is 20.5. The fraction of sp³-hybridized carbons (Fsp3) is 0.286. The van der Waals surface area contributed by atoms with E-state index < -0.39 is 11.8 Å². The number of fused-ring (bicyclic) bond motifs is 2. The Morgan fingerprint density at radius 2 is 1.69 bits per heavy atom. The number of carbonyl (C=O) groups excluding carboxylic acids is 2. The Kier molecular flexibility index (Phi) is 6.66. The van der Waals surface area contributed by atoms with E-state index in [4.69, 9.17) is 9.47 Å². The second-order valence-electron chi connectivity index (χ2n) is 9.15. The lowest BCUT2D eigenvalue weighted by atomic mass is 10.0. The number of benzene rings is 3. The molecular weight excluding hydrogens is 456 g/mol. The van der Waals surface area contributed by atoms with Gasteiger partial charge in [0, 0.05) is 45.1 Å². The summed E-state index contributed by atoms with van der Waals surface area (Å²) in [6.07, 6.45) is 0.951. The fourth-order valence-corrected chi connectivity index (χ4v) is 4.67. The molecule has 1 atom stereocenters. The third-order valence-corrected chi connectivity index (χ3v) is 6.65. The minimum atomic E-state index is -0.670. The number of hydrogen-bond acceptors (Lipinski definition) is 6. The molecule has 0 aliphatic carbocycles. The highest BCUT2D eigenvalue weighted by molar-refractivity contribution is 6.35. The van der Waals surface area contributed by atoms with Crippen molar-refractivity contribution >= 4 is 23.2 Å². The molecule has 2 aliphatic rings. The summed E-state index contributed by atoms with van der Waals surface area (Å²) >= 11 is 0. The predicted molar refractivity (Wildman–Crippen MR) is 138 cm³/mol. The molecule has 0 saturated heterocycles. The van der Waals surface area contributed by atoms with Crippen molar-refractivity contribution in [3.05, 3.63) is 83.4 Å². The van der Waals surface area contributed by atoms with Crippen LogP contribution in [0.15, 0.2) is 66.7 Å². The van der Waals surface area contributed by atoms with Crippen LogP contribution in [0.2, 0.25) is 0 Å². The molecule has 8 heteroatoms. The number of ether oxygens (including phenoxy) is 2. The van der Waals surface area contributed by atoms with Crippen LogP contribution in [0.3, 0.4) is 0 Å². The van der Waals surface area contributed by atoms with Gasteiger partial charge in [0.25, 0.3) is 0 Å². The van der Waals surface area contributed by atoms with E-state index >= 15 is 0 Å². The van der Waals surface area contributed by atoms with Crippen molar-refractivity contribution in [2.24, 2.45) is 0 Å². The number of hydrogen-bond donors (Lipinski definition) is 2. The van der Waals surface area contributed by atoms with Gasteiger partial charge in [-0.2, -0.15) is 0 Å². The smallest absolute Gasteiger partial charge is 0.309 e. The van der Waals surface area contributed by atoms with Crippen LogP contribution < -0.4 is 29.9 Å². The van der Waals surface area contributed by atoms with Crippen LogP contribution in [0.1, 0.15) is 22.7 Å². The maximum atomic E-state index is 12.7. The van der Waals surface area contributed by atoms with Crippen molar-refractivity contribution in [3.63, 3.8) is 0 Å². The molecule has 0 aromatic heterocycles. The third kappa shape index (κ3) is 4.93. The number of nitrogens with zero attached hydrogens (tertiary/aromatic N) is 2. The molecule has 0 saturated carbocycles. The second kappa shape index (κ2) is 10.2. The van der Waals surface area contributed by atoms with Gasteiger partial charge in [-0.05, 0) is 53.4 Å². The number of anilines is 2. The van der Waals surface area contributed by atoms with E-state index in [0.29, 0.717) is 18.0 Å². The molecule has 186 valence electrons. The average Bonchev–Trinajstić information content (AvgIpc) is 3.54. The van der Waals surface area contributed by atoms with Crippen molar-refractivity contribution in [3.8, 4) is 11.5 Å². The van der Waals surface area contributed by atoms with E-state index in [0.717, 1.165) is 29.8 Å². The Labute approximate surface area is 210 Å². The molecule has 36 heavy (non-hydrogen) atoms. The molecule has 0 fully saturated rings. The van der Waals surface area contributed by atoms with Gasteiger partial charge in [-0.25, -0.2) is 0 Å². The summed E-state index contributed by atoms with van der Waals surface area (Å²) in [5.74, 6) is -0.00878. The maximum absolute atomic E-state index is 12.7. The largest absolute Gasteiger partial charge is 0.454 e. The van der Waals surface area contributed by atoms with Crippen LogP contribution in [0.5, 0.6) is 11.5 Å². The first-order valence-electron chi connectivity index (χ1n) is 12.1. The van der Waals surface area contributed by atoms with Gasteiger partial charge in [0.2, 0.25) is 6.79 Å². The molecular formula is C28H30N4O4. The minimum absolute atomic E-state index is 0.101. The van der Waals surface area contributed by atoms with Gasteiger partial charge in [0.05, 0.1) is 6.04 Å². The molecule has 0 unspecified atom stereocenters. The van der Waals surface area contributed by atoms with Gasteiger partial charge in [0.15, 0.2) is 11.5 Å². The van der Waals surface area contributed by atoms with Crippen LogP contribution in [-0.4, -0.2) is 45.8 Å². The predicted octanol–water partition coefficient (Wildman–Crippen LogP) is 3.02. The van der Waals surface area contributed by atoms with E-state index in [-0.39, 0.29) is 19.4 Å². The summed E-state index contributed by atoms with van der Waals surface area (Å²) in [4.78, 5) is 29.6. The molecule has 3 aromatic rings. The number of rotatable bonds is 7. The summed E-state index contributed by atoms with van der Waals surface area (Å²) in [5.41, 5.74) is 5.47. The van der Waals surface area contributed by atoms with Crippen molar-refractivity contribution in [2.45, 2.75) is 19.0 Å². The molecule has 0 radical (unpaired) electrons. The van der Waals surface area contributed by atoms with Gasteiger partial charge >= 0.3 is 11.8 Å². The van der Waals surface area contributed by atoms with Gasteiger partial charge in [-0.1, -0.05) is 36.4 Å². The Morgan fingerprint density at radius 1 is 0.944 bits per heavy atom. The highest BCUT2D eigenvalue weighted by atomic mass is 16.7. The molecule has 0 spiro atoms. The number of para-hydroxylation sites is 1. The minimum Gasteiger partial charge on any atom is -0.454 e. The van der Waals surface area contributed by atoms with Crippen molar-refractivity contribution in [1.29, 1.82) is 0 Å². The molecule has 3 aromatic carbocycles. The van der Waals surface area contributed by atoms with E-state index in [1.54, 1.807) is 12.1 Å².